The highest BCUT2D eigenvalue weighted by atomic mass is 16.6. The minimum absolute atomic E-state index is 0.164. The average molecular weight is 262 g/mol. The molecule has 0 radical (unpaired) electrons. The lowest BCUT2D eigenvalue weighted by Gasteiger charge is -2.06. The zero-order valence-corrected chi connectivity index (χ0v) is 9.62. The van der Waals surface area contributed by atoms with Gasteiger partial charge in [0.1, 0.15) is 10.7 Å². The number of anilines is 1. The van der Waals surface area contributed by atoms with Crippen LogP contribution in [0.2, 0.25) is 0 Å². The van der Waals surface area contributed by atoms with Crippen molar-refractivity contribution in [3.8, 4) is 11.3 Å². The lowest BCUT2D eigenvalue weighted by molar-refractivity contribution is -0.401. The number of carbonyl (C=O) groups is 1. The van der Waals surface area contributed by atoms with Gasteiger partial charge in [0.2, 0.25) is 0 Å². The molecule has 5 N–H and O–H groups in total. The molecule has 0 saturated carbocycles. The van der Waals surface area contributed by atoms with E-state index in [0.717, 1.165) is 0 Å². The molecule has 0 bridgehead atoms. The Balaban J connectivity index is 2.55. The quantitative estimate of drug-likeness (QED) is 0.248. The van der Waals surface area contributed by atoms with Crippen LogP contribution in [0.1, 0.15) is 10.4 Å². The molecule has 98 valence electrons. The van der Waals surface area contributed by atoms with E-state index in [-0.39, 0.29) is 11.3 Å². The molecule has 2 aromatic rings. The number of hydrogen-bond donors (Lipinski definition) is 3. The summed E-state index contributed by atoms with van der Waals surface area (Å²) >= 11 is 0. The van der Waals surface area contributed by atoms with E-state index in [1.807, 2.05) is 5.43 Å². The second kappa shape index (κ2) is 4.78. The Morgan fingerprint density at radius 1 is 1.32 bits per heavy atom. The van der Waals surface area contributed by atoms with E-state index in [9.17, 15) is 14.9 Å². The van der Waals surface area contributed by atoms with E-state index in [2.05, 4.69) is 0 Å². The van der Waals surface area contributed by atoms with Crippen LogP contribution in [-0.4, -0.2) is 10.8 Å². The molecule has 1 heterocycles. The van der Waals surface area contributed by atoms with Crippen molar-refractivity contribution in [3.63, 3.8) is 0 Å². The van der Waals surface area contributed by atoms with E-state index in [4.69, 9.17) is 16.0 Å². The monoisotopic (exact) mass is 262 g/mol. The number of rotatable bonds is 3. The first-order valence-electron chi connectivity index (χ1n) is 5.18. The summed E-state index contributed by atoms with van der Waals surface area (Å²) in [4.78, 5) is 21.5. The molecule has 0 fully saturated rings. The molecule has 0 aliphatic heterocycles. The maximum Gasteiger partial charge on any atom is 0.433 e. The minimum atomic E-state index is -0.668. The third-order valence-corrected chi connectivity index (χ3v) is 2.46. The van der Waals surface area contributed by atoms with Crippen LogP contribution in [-0.2, 0) is 0 Å². The summed E-state index contributed by atoms with van der Waals surface area (Å²) in [5, 5.41) is 10.6. The Bertz CT molecular complexity index is 650. The van der Waals surface area contributed by atoms with Crippen molar-refractivity contribution in [3.05, 3.63) is 46.0 Å². The fourth-order valence-corrected chi connectivity index (χ4v) is 1.61. The Morgan fingerprint density at radius 2 is 2.05 bits per heavy atom. The second-order valence-corrected chi connectivity index (χ2v) is 3.67. The van der Waals surface area contributed by atoms with E-state index in [0.29, 0.717) is 11.3 Å². The summed E-state index contributed by atoms with van der Waals surface area (Å²) in [5.41, 5.74) is 8.55. The molecular formula is C11H10N4O4. The van der Waals surface area contributed by atoms with Crippen LogP contribution in [0.5, 0.6) is 0 Å². The number of nitrogens with two attached hydrogens (primary N) is 2. The Morgan fingerprint density at radius 3 is 2.63 bits per heavy atom. The van der Waals surface area contributed by atoms with E-state index >= 15 is 0 Å². The Hall–Kier alpha value is -2.87. The topological polar surface area (TPSA) is 137 Å². The fourth-order valence-electron chi connectivity index (χ4n) is 1.61. The average Bonchev–Trinajstić information content (AvgIpc) is 2.87. The maximum atomic E-state index is 11.6. The highest BCUT2D eigenvalue weighted by Gasteiger charge is 2.18. The number of benzene rings is 1. The number of furan rings is 1. The number of nitrogen functional groups attached to an aromatic ring is 2. The van der Waals surface area contributed by atoms with Gasteiger partial charge in [0.15, 0.2) is 0 Å². The first kappa shape index (κ1) is 12.6. The van der Waals surface area contributed by atoms with Crippen LogP contribution in [0.25, 0.3) is 11.3 Å². The summed E-state index contributed by atoms with van der Waals surface area (Å²) in [6, 6.07) is 7.04. The molecule has 0 spiro atoms. The van der Waals surface area contributed by atoms with Crippen molar-refractivity contribution >= 4 is 17.5 Å². The zero-order chi connectivity index (χ0) is 14.0. The molecule has 8 heteroatoms. The SMILES string of the molecule is NNC(=O)c1ccc(N)cc1-c1ccc([N+](=O)[O-])o1. The van der Waals surface area contributed by atoms with Crippen LogP contribution in [0.4, 0.5) is 11.6 Å². The van der Waals surface area contributed by atoms with Gasteiger partial charge in [-0.15, -0.1) is 0 Å². The lowest BCUT2D eigenvalue weighted by atomic mass is 10.0. The fraction of sp³-hybridized carbons (Fsp3) is 0. The van der Waals surface area contributed by atoms with E-state index < -0.39 is 16.7 Å². The van der Waals surface area contributed by atoms with Crippen LogP contribution >= 0.6 is 0 Å². The molecule has 1 amide bonds. The number of nitrogens with one attached hydrogen (secondary N) is 1. The minimum Gasteiger partial charge on any atom is -0.401 e. The molecule has 0 saturated heterocycles. The van der Waals surface area contributed by atoms with E-state index in [1.54, 1.807) is 0 Å². The second-order valence-electron chi connectivity index (χ2n) is 3.67. The number of hydrogen-bond acceptors (Lipinski definition) is 6. The molecule has 19 heavy (non-hydrogen) atoms. The van der Waals surface area contributed by atoms with Crippen LogP contribution < -0.4 is 17.0 Å². The van der Waals surface area contributed by atoms with Crippen molar-refractivity contribution < 1.29 is 14.1 Å². The van der Waals surface area contributed by atoms with Gasteiger partial charge in [-0.2, -0.15) is 0 Å². The predicted octanol–water partition coefficient (Wildman–Crippen LogP) is 1.04. The standard InChI is InChI=1S/C11H10N4O4/c12-6-1-2-7(11(16)14-13)8(5-6)9-3-4-10(19-9)15(17)18/h1-5H,12-13H2,(H,14,16). The van der Waals surface area contributed by atoms with E-state index in [1.165, 1.54) is 30.3 Å². The normalized spacial score (nSPS) is 10.2. The highest BCUT2D eigenvalue weighted by Crippen LogP contribution is 2.30. The lowest BCUT2D eigenvalue weighted by Crippen LogP contribution is -2.30. The van der Waals surface area contributed by atoms with Crippen molar-refractivity contribution in [1.82, 2.24) is 5.43 Å². The molecular weight excluding hydrogens is 252 g/mol. The molecule has 0 aliphatic rings. The molecule has 8 nitrogen and oxygen atoms in total. The van der Waals surface area contributed by atoms with Crippen molar-refractivity contribution in [2.24, 2.45) is 5.84 Å². The maximum absolute atomic E-state index is 11.6. The molecule has 0 unspecified atom stereocenters. The Kier molecular flexibility index (Phi) is 3.17. The molecule has 2 rings (SSSR count). The summed E-state index contributed by atoms with van der Waals surface area (Å²) in [7, 11) is 0. The van der Waals surface area contributed by atoms with Gasteiger partial charge in [-0.05, 0) is 24.3 Å². The summed E-state index contributed by atoms with van der Waals surface area (Å²) < 4.78 is 5.05. The predicted molar refractivity (Wildman–Crippen MR) is 66.9 cm³/mol. The first-order chi connectivity index (χ1) is 9.02. The van der Waals surface area contributed by atoms with Crippen molar-refractivity contribution in [2.75, 3.05) is 5.73 Å². The number of nitrogens with zero attached hydrogens (tertiary/aromatic N) is 1. The van der Waals surface area contributed by atoms with Gasteiger partial charge in [-0.1, -0.05) is 0 Å². The van der Waals surface area contributed by atoms with Crippen LogP contribution in [0.3, 0.4) is 0 Å². The molecule has 1 aromatic carbocycles. The molecule has 0 aliphatic carbocycles. The van der Waals surface area contributed by atoms with Crippen LogP contribution in [0, 0.1) is 10.1 Å². The summed E-state index contributed by atoms with van der Waals surface area (Å²) in [5.74, 6) is 4.27. The third-order valence-electron chi connectivity index (χ3n) is 2.46. The third kappa shape index (κ3) is 2.38. The van der Waals surface area contributed by atoms with Gasteiger partial charge in [-0.25, -0.2) is 5.84 Å². The van der Waals surface area contributed by atoms with Gasteiger partial charge in [0, 0.05) is 11.3 Å². The summed E-state index contributed by atoms with van der Waals surface area (Å²) in [6.07, 6.45) is 0. The summed E-state index contributed by atoms with van der Waals surface area (Å²) in [6.45, 7) is 0. The molecule has 1 aromatic heterocycles. The van der Waals surface area contributed by atoms with Crippen molar-refractivity contribution in [1.29, 1.82) is 0 Å². The number of amides is 1. The highest BCUT2D eigenvalue weighted by molar-refractivity contribution is 6.00. The van der Waals surface area contributed by atoms with Crippen LogP contribution in [0.15, 0.2) is 34.7 Å². The smallest absolute Gasteiger partial charge is 0.401 e. The van der Waals surface area contributed by atoms with Gasteiger partial charge in [-0.3, -0.25) is 20.3 Å². The first-order valence-corrected chi connectivity index (χ1v) is 5.18. The van der Waals surface area contributed by atoms with Gasteiger partial charge in [0.05, 0.1) is 11.6 Å². The van der Waals surface area contributed by atoms with Gasteiger partial charge >= 0.3 is 5.88 Å². The number of nitro groups is 1. The zero-order valence-electron chi connectivity index (χ0n) is 9.62. The van der Waals surface area contributed by atoms with Gasteiger partial charge in [0.25, 0.3) is 5.91 Å². The van der Waals surface area contributed by atoms with Gasteiger partial charge < -0.3 is 10.2 Å². The number of hydrazine groups is 1. The molecule has 0 atom stereocenters. The number of carbonyl (C=O) groups excluding carboxylic acids is 1. The largest absolute Gasteiger partial charge is 0.433 e. The van der Waals surface area contributed by atoms with Crippen molar-refractivity contribution in [2.45, 2.75) is 0 Å². The Labute approximate surface area is 107 Å².